The number of carbonyl (C=O) groups excluding carboxylic acids is 3. The van der Waals surface area contributed by atoms with Crippen molar-refractivity contribution in [3.63, 3.8) is 0 Å². The summed E-state index contributed by atoms with van der Waals surface area (Å²) < 4.78 is 1.64. The molecule has 38 heavy (non-hydrogen) atoms. The topological polar surface area (TPSA) is 117 Å². The average molecular weight is 526 g/mol. The van der Waals surface area contributed by atoms with Gasteiger partial charge in [-0.25, -0.2) is 15.5 Å². The van der Waals surface area contributed by atoms with Crippen molar-refractivity contribution < 1.29 is 19.6 Å². The maximum Gasteiger partial charge on any atom is 0.261 e. The minimum absolute atomic E-state index is 0.0178. The second kappa shape index (κ2) is 15.3. The number of hydrogen-bond donors (Lipinski definition) is 3. The monoisotopic (exact) mass is 525 g/mol. The highest BCUT2D eigenvalue weighted by Crippen LogP contribution is 2.31. The molecule has 9 heteroatoms. The SMILES string of the molecule is CC(C)C[C@@H](C(=O)NN(Cc1ccccc1)C(=O)Cn1ccnc1)[C@H](CCCC1CCCCC1)C(=O)NO. The molecule has 0 aliphatic heterocycles. The molecule has 208 valence electrons. The van der Waals surface area contributed by atoms with E-state index in [9.17, 15) is 19.6 Å². The fraction of sp³-hybridized carbons (Fsp3) is 0.586. The van der Waals surface area contributed by atoms with Crippen LogP contribution in [-0.2, 0) is 27.5 Å². The molecule has 1 aliphatic carbocycles. The van der Waals surface area contributed by atoms with Gasteiger partial charge in [0, 0.05) is 12.4 Å². The zero-order valence-corrected chi connectivity index (χ0v) is 22.7. The van der Waals surface area contributed by atoms with Gasteiger partial charge < -0.3 is 4.57 Å². The number of benzene rings is 1. The van der Waals surface area contributed by atoms with Crippen LogP contribution in [0, 0.1) is 23.7 Å². The molecule has 3 amide bonds. The van der Waals surface area contributed by atoms with E-state index in [2.05, 4.69) is 10.4 Å². The van der Waals surface area contributed by atoms with Crippen LogP contribution in [0.3, 0.4) is 0 Å². The van der Waals surface area contributed by atoms with E-state index in [4.69, 9.17) is 0 Å². The molecular formula is C29H43N5O4. The lowest BCUT2D eigenvalue weighted by Crippen LogP contribution is -2.51. The van der Waals surface area contributed by atoms with Crippen molar-refractivity contribution in [1.82, 2.24) is 25.5 Å². The second-order valence-electron chi connectivity index (χ2n) is 10.9. The van der Waals surface area contributed by atoms with Crippen molar-refractivity contribution in [1.29, 1.82) is 0 Å². The number of amides is 3. The van der Waals surface area contributed by atoms with E-state index in [-0.39, 0.29) is 30.8 Å². The van der Waals surface area contributed by atoms with Crippen molar-refractivity contribution in [2.45, 2.75) is 84.7 Å². The Hall–Kier alpha value is -3.20. The van der Waals surface area contributed by atoms with Crippen LogP contribution < -0.4 is 10.9 Å². The Morgan fingerprint density at radius 1 is 1.08 bits per heavy atom. The number of nitrogens with one attached hydrogen (secondary N) is 2. The summed E-state index contributed by atoms with van der Waals surface area (Å²) >= 11 is 0. The van der Waals surface area contributed by atoms with Gasteiger partial charge in [-0.15, -0.1) is 0 Å². The summed E-state index contributed by atoms with van der Waals surface area (Å²) in [6.45, 7) is 4.21. The Morgan fingerprint density at radius 2 is 1.82 bits per heavy atom. The Labute approximate surface area is 225 Å². The zero-order valence-electron chi connectivity index (χ0n) is 22.7. The lowest BCUT2D eigenvalue weighted by atomic mass is 9.79. The molecule has 1 aromatic carbocycles. The highest BCUT2D eigenvalue weighted by atomic mass is 16.5. The van der Waals surface area contributed by atoms with Crippen LogP contribution in [0.5, 0.6) is 0 Å². The number of hydrogen-bond acceptors (Lipinski definition) is 5. The number of rotatable bonds is 13. The van der Waals surface area contributed by atoms with Crippen molar-refractivity contribution in [2.75, 3.05) is 0 Å². The third-order valence-corrected chi connectivity index (χ3v) is 7.45. The summed E-state index contributed by atoms with van der Waals surface area (Å²) in [5.41, 5.74) is 5.49. The van der Waals surface area contributed by atoms with Gasteiger partial charge in [0.2, 0.25) is 11.8 Å². The molecule has 0 unspecified atom stereocenters. The number of carbonyl (C=O) groups is 3. The van der Waals surface area contributed by atoms with E-state index in [1.165, 1.54) is 37.1 Å². The smallest absolute Gasteiger partial charge is 0.261 e. The molecular weight excluding hydrogens is 482 g/mol. The van der Waals surface area contributed by atoms with Crippen molar-refractivity contribution in [3.05, 3.63) is 54.6 Å². The zero-order chi connectivity index (χ0) is 27.3. The standard InChI is InChI=1S/C29H43N5O4/c1-22(2)18-26(25(29(37)32-38)15-9-14-23-10-5-3-6-11-23)28(36)31-34(19-24-12-7-4-8-13-24)27(35)20-33-17-16-30-21-33/h4,7-8,12-13,16-17,21-23,25-26,38H,3,5-6,9-11,14-15,18-20H2,1-2H3,(H,31,36)(H,32,37)/t25-,26+/m0/s1. The molecule has 9 nitrogen and oxygen atoms in total. The summed E-state index contributed by atoms with van der Waals surface area (Å²) in [4.78, 5) is 43.8. The van der Waals surface area contributed by atoms with Gasteiger partial charge in [-0.2, -0.15) is 0 Å². The summed E-state index contributed by atoms with van der Waals surface area (Å²) in [6, 6.07) is 9.44. The largest absolute Gasteiger partial charge is 0.328 e. The van der Waals surface area contributed by atoms with Crippen molar-refractivity contribution in [2.24, 2.45) is 23.7 Å². The van der Waals surface area contributed by atoms with Gasteiger partial charge in [-0.05, 0) is 30.2 Å². The molecule has 2 aromatic rings. The van der Waals surface area contributed by atoms with Gasteiger partial charge in [-0.1, -0.05) is 89.1 Å². The van der Waals surface area contributed by atoms with Gasteiger partial charge in [-0.3, -0.25) is 25.0 Å². The van der Waals surface area contributed by atoms with Gasteiger partial charge in [0.25, 0.3) is 5.91 Å². The Kier molecular flexibility index (Phi) is 11.8. The van der Waals surface area contributed by atoms with Crippen LogP contribution >= 0.6 is 0 Å². The van der Waals surface area contributed by atoms with E-state index < -0.39 is 17.7 Å². The molecule has 1 heterocycles. The third-order valence-electron chi connectivity index (χ3n) is 7.45. The van der Waals surface area contributed by atoms with Crippen LogP contribution in [-0.4, -0.2) is 37.5 Å². The molecule has 2 atom stereocenters. The first-order valence-electron chi connectivity index (χ1n) is 13.9. The lowest BCUT2D eigenvalue weighted by molar-refractivity contribution is -0.148. The number of aromatic nitrogens is 2. The Morgan fingerprint density at radius 3 is 2.45 bits per heavy atom. The van der Waals surface area contributed by atoms with Crippen LogP contribution in [0.2, 0.25) is 0 Å². The average Bonchev–Trinajstić information content (AvgIpc) is 3.43. The van der Waals surface area contributed by atoms with Gasteiger partial charge in [0.05, 0.1) is 24.7 Å². The molecule has 1 saturated carbocycles. The minimum Gasteiger partial charge on any atom is -0.328 e. The molecule has 1 fully saturated rings. The number of imidazole rings is 1. The number of hydroxylamine groups is 1. The van der Waals surface area contributed by atoms with E-state index >= 15 is 0 Å². The van der Waals surface area contributed by atoms with Crippen LogP contribution in [0.4, 0.5) is 0 Å². The predicted molar refractivity (Wildman–Crippen MR) is 144 cm³/mol. The normalized spacial score (nSPS) is 15.6. The quantitative estimate of drug-likeness (QED) is 0.263. The first-order chi connectivity index (χ1) is 18.4. The first-order valence-corrected chi connectivity index (χ1v) is 13.9. The first kappa shape index (κ1) is 29.4. The van der Waals surface area contributed by atoms with Gasteiger partial charge in [0.15, 0.2) is 0 Å². The molecule has 0 bridgehead atoms. The van der Waals surface area contributed by atoms with E-state index in [0.29, 0.717) is 18.8 Å². The molecule has 0 spiro atoms. The maximum atomic E-state index is 13.7. The highest BCUT2D eigenvalue weighted by Gasteiger charge is 2.35. The second-order valence-corrected chi connectivity index (χ2v) is 10.9. The summed E-state index contributed by atoms with van der Waals surface area (Å²) in [7, 11) is 0. The lowest BCUT2D eigenvalue weighted by Gasteiger charge is -2.30. The highest BCUT2D eigenvalue weighted by molar-refractivity contribution is 5.88. The minimum atomic E-state index is -0.687. The number of nitrogens with zero attached hydrogens (tertiary/aromatic N) is 3. The van der Waals surface area contributed by atoms with E-state index in [1.807, 2.05) is 44.2 Å². The summed E-state index contributed by atoms with van der Waals surface area (Å²) in [6.07, 6.45) is 13.9. The van der Waals surface area contributed by atoms with E-state index in [0.717, 1.165) is 18.4 Å². The van der Waals surface area contributed by atoms with Crippen LogP contribution in [0.15, 0.2) is 49.1 Å². The van der Waals surface area contributed by atoms with E-state index in [1.54, 1.807) is 28.8 Å². The predicted octanol–water partition coefficient (Wildman–Crippen LogP) is 4.48. The van der Waals surface area contributed by atoms with Gasteiger partial charge >= 0.3 is 0 Å². The maximum absolute atomic E-state index is 13.7. The van der Waals surface area contributed by atoms with Crippen LogP contribution in [0.1, 0.15) is 77.2 Å². The Bertz CT molecular complexity index is 990. The molecule has 1 aromatic heterocycles. The molecule has 3 N–H and O–H groups in total. The summed E-state index contributed by atoms with van der Waals surface area (Å²) in [5, 5.41) is 10.8. The molecule has 3 rings (SSSR count). The fourth-order valence-corrected chi connectivity index (χ4v) is 5.46. The molecule has 0 radical (unpaired) electrons. The third kappa shape index (κ3) is 9.28. The van der Waals surface area contributed by atoms with Crippen molar-refractivity contribution in [3.8, 4) is 0 Å². The fourth-order valence-electron chi connectivity index (χ4n) is 5.46. The van der Waals surface area contributed by atoms with Crippen LogP contribution in [0.25, 0.3) is 0 Å². The molecule has 1 aliphatic rings. The van der Waals surface area contributed by atoms with Gasteiger partial charge in [0.1, 0.15) is 6.54 Å². The number of hydrazine groups is 1. The summed E-state index contributed by atoms with van der Waals surface area (Å²) in [5.74, 6) is -1.80. The Balaban J connectivity index is 1.75. The van der Waals surface area contributed by atoms with Crippen molar-refractivity contribution >= 4 is 17.7 Å². The molecule has 0 saturated heterocycles.